The number of alkyl halides is 2. The second kappa shape index (κ2) is 6.88. The Hall–Kier alpha value is -2.96. The van der Waals surface area contributed by atoms with Crippen LogP contribution in [0.15, 0.2) is 53.7 Å². The topological polar surface area (TPSA) is 49.0 Å². The predicted octanol–water partition coefficient (Wildman–Crippen LogP) is 3.21. The second-order valence-corrected chi connectivity index (χ2v) is 5.73. The van der Waals surface area contributed by atoms with Gasteiger partial charge in [0.25, 0.3) is 5.56 Å². The lowest BCUT2D eigenvalue weighted by Gasteiger charge is -2.11. The van der Waals surface area contributed by atoms with Crippen molar-refractivity contribution < 1.29 is 13.5 Å². The molecule has 3 rings (SSSR count). The molecule has 0 unspecified atom stereocenters. The van der Waals surface area contributed by atoms with Gasteiger partial charge in [0.15, 0.2) is 0 Å². The molecule has 0 atom stereocenters. The molecule has 0 N–H and O–H groups in total. The van der Waals surface area contributed by atoms with E-state index in [1.165, 1.54) is 16.7 Å². The van der Waals surface area contributed by atoms with E-state index in [9.17, 15) is 13.6 Å². The maximum atomic E-state index is 12.2. The van der Waals surface area contributed by atoms with Gasteiger partial charge in [0.1, 0.15) is 11.6 Å². The molecule has 5 nitrogen and oxygen atoms in total. The van der Waals surface area contributed by atoms with E-state index < -0.39 is 6.61 Å². The van der Waals surface area contributed by atoms with Crippen molar-refractivity contribution in [1.29, 1.82) is 0 Å². The molecular weight excluding hydrogens is 328 g/mol. The van der Waals surface area contributed by atoms with Crippen molar-refractivity contribution >= 4 is 0 Å². The second-order valence-electron chi connectivity index (χ2n) is 5.73. The van der Waals surface area contributed by atoms with Crippen molar-refractivity contribution in [3.63, 3.8) is 0 Å². The van der Waals surface area contributed by atoms with E-state index >= 15 is 0 Å². The maximum Gasteiger partial charge on any atom is 0.387 e. The van der Waals surface area contributed by atoms with Crippen molar-refractivity contribution in [2.24, 2.45) is 7.05 Å². The fourth-order valence-electron chi connectivity index (χ4n) is 2.67. The zero-order valence-corrected chi connectivity index (χ0v) is 13.8. The quantitative estimate of drug-likeness (QED) is 0.713. The van der Waals surface area contributed by atoms with Gasteiger partial charge in [-0.1, -0.05) is 12.1 Å². The molecule has 130 valence electrons. The molecule has 3 aromatic rings. The van der Waals surface area contributed by atoms with Crippen LogP contribution in [0.25, 0.3) is 11.4 Å². The first-order valence-electron chi connectivity index (χ1n) is 7.66. The third kappa shape index (κ3) is 3.76. The number of aromatic nitrogens is 3. The van der Waals surface area contributed by atoms with E-state index in [-0.39, 0.29) is 11.3 Å². The smallest absolute Gasteiger partial charge is 0.387 e. The summed E-state index contributed by atoms with van der Waals surface area (Å²) in [4.78, 5) is 16.2. The highest BCUT2D eigenvalue weighted by molar-refractivity contribution is 5.55. The molecule has 0 aliphatic rings. The Bertz CT molecular complexity index is 904. The van der Waals surface area contributed by atoms with E-state index in [0.717, 1.165) is 17.0 Å². The van der Waals surface area contributed by atoms with Crippen LogP contribution in [0.5, 0.6) is 5.75 Å². The number of hydrogen-bond acceptors (Lipinski definition) is 3. The molecule has 25 heavy (non-hydrogen) atoms. The lowest BCUT2D eigenvalue weighted by molar-refractivity contribution is -0.0498. The van der Waals surface area contributed by atoms with Gasteiger partial charge in [-0.25, -0.2) is 4.98 Å². The summed E-state index contributed by atoms with van der Waals surface area (Å²) < 4.78 is 32.2. The molecule has 0 bridgehead atoms. The number of rotatable bonds is 5. The molecule has 0 aliphatic carbocycles. The molecule has 0 aliphatic heterocycles. The van der Waals surface area contributed by atoms with Crippen molar-refractivity contribution in [2.75, 3.05) is 0 Å². The van der Waals surface area contributed by atoms with E-state index in [1.807, 2.05) is 10.8 Å². The van der Waals surface area contributed by atoms with Gasteiger partial charge < -0.3 is 13.9 Å². The number of hydrogen-bond donors (Lipinski definition) is 0. The lowest BCUT2D eigenvalue weighted by Crippen LogP contribution is -2.18. The first-order chi connectivity index (χ1) is 11.9. The summed E-state index contributed by atoms with van der Waals surface area (Å²) in [6.07, 6.45) is 5.26. The Morgan fingerprint density at radius 3 is 2.60 bits per heavy atom. The third-order valence-electron chi connectivity index (χ3n) is 3.84. The van der Waals surface area contributed by atoms with Crippen LogP contribution in [-0.4, -0.2) is 20.7 Å². The van der Waals surface area contributed by atoms with Gasteiger partial charge in [0.05, 0.1) is 0 Å². The molecule has 1 aromatic carbocycles. The standard InChI is InChI=1S/C18H17F2N3O2/c1-12-9-14(11-22(2)17(12)24)16-21-7-8-23(16)10-13-3-5-15(6-4-13)25-18(19)20/h3-9,11,18H,10H2,1-2H3. The average Bonchev–Trinajstić information content (AvgIpc) is 3.01. The van der Waals surface area contributed by atoms with Crippen LogP contribution in [0.4, 0.5) is 8.78 Å². The Labute approximate surface area is 143 Å². The maximum absolute atomic E-state index is 12.2. The molecule has 0 saturated heterocycles. The van der Waals surface area contributed by atoms with Crippen LogP contribution in [-0.2, 0) is 13.6 Å². The minimum atomic E-state index is -2.83. The number of halogens is 2. The van der Waals surface area contributed by atoms with Gasteiger partial charge in [0, 0.05) is 43.3 Å². The first kappa shape index (κ1) is 16.9. The molecular formula is C18H17F2N3O2. The summed E-state index contributed by atoms with van der Waals surface area (Å²) in [7, 11) is 1.70. The van der Waals surface area contributed by atoms with E-state index in [1.54, 1.807) is 44.6 Å². The van der Waals surface area contributed by atoms with Crippen LogP contribution < -0.4 is 10.3 Å². The summed E-state index contributed by atoms with van der Waals surface area (Å²) in [6.45, 7) is -0.549. The van der Waals surface area contributed by atoms with Crippen molar-refractivity contribution in [2.45, 2.75) is 20.1 Å². The number of aryl methyl sites for hydroxylation is 2. The Morgan fingerprint density at radius 1 is 1.24 bits per heavy atom. The van der Waals surface area contributed by atoms with Gasteiger partial charge in [0.2, 0.25) is 0 Å². The van der Waals surface area contributed by atoms with Gasteiger partial charge in [-0.15, -0.1) is 0 Å². The largest absolute Gasteiger partial charge is 0.435 e. The summed E-state index contributed by atoms with van der Waals surface area (Å²) in [5.41, 5.74) is 2.35. The van der Waals surface area contributed by atoms with Gasteiger partial charge >= 0.3 is 6.61 Å². The van der Waals surface area contributed by atoms with Crippen LogP contribution in [0.3, 0.4) is 0 Å². The molecule has 0 amide bonds. The third-order valence-corrected chi connectivity index (χ3v) is 3.84. The summed E-state index contributed by atoms with van der Waals surface area (Å²) in [5.74, 6) is 0.852. The highest BCUT2D eigenvalue weighted by Gasteiger charge is 2.10. The van der Waals surface area contributed by atoms with Crippen molar-refractivity contribution in [1.82, 2.24) is 14.1 Å². The molecule has 0 fully saturated rings. The van der Waals surface area contributed by atoms with Crippen LogP contribution >= 0.6 is 0 Å². The minimum absolute atomic E-state index is 0.0449. The Kier molecular flexibility index (Phi) is 4.65. The number of ether oxygens (including phenoxy) is 1. The summed E-state index contributed by atoms with van der Waals surface area (Å²) in [6, 6.07) is 8.28. The Morgan fingerprint density at radius 2 is 1.96 bits per heavy atom. The number of imidazole rings is 1. The number of pyridine rings is 1. The lowest BCUT2D eigenvalue weighted by atomic mass is 10.2. The van der Waals surface area contributed by atoms with Crippen LogP contribution in [0.2, 0.25) is 0 Å². The number of nitrogens with zero attached hydrogens (tertiary/aromatic N) is 3. The molecule has 0 radical (unpaired) electrons. The summed E-state index contributed by atoms with van der Waals surface area (Å²) >= 11 is 0. The minimum Gasteiger partial charge on any atom is -0.435 e. The zero-order valence-electron chi connectivity index (χ0n) is 13.8. The fraction of sp³-hybridized carbons (Fsp3) is 0.222. The normalized spacial score (nSPS) is 11.1. The molecule has 0 spiro atoms. The monoisotopic (exact) mass is 345 g/mol. The van der Waals surface area contributed by atoms with Crippen LogP contribution in [0.1, 0.15) is 11.1 Å². The van der Waals surface area contributed by atoms with Crippen molar-refractivity contribution in [3.05, 3.63) is 70.4 Å². The van der Waals surface area contributed by atoms with E-state index in [0.29, 0.717) is 12.1 Å². The fourth-order valence-corrected chi connectivity index (χ4v) is 2.67. The molecule has 0 saturated carbocycles. The van der Waals surface area contributed by atoms with Crippen molar-refractivity contribution in [3.8, 4) is 17.1 Å². The van der Waals surface area contributed by atoms with Gasteiger partial charge in [-0.2, -0.15) is 8.78 Å². The van der Waals surface area contributed by atoms with E-state index in [2.05, 4.69) is 9.72 Å². The molecule has 2 aromatic heterocycles. The predicted molar refractivity (Wildman–Crippen MR) is 89.8 cm³/mol. The Balaban J connectivity index is 1.86. The van der Waals surface area contributed by atoms with Gasteiger partial charge in [-0.05, 0) is 30.7 Å². The van der Waals surface area contributed by atoms with Crippen LogP contribution in [0, 0.1) is 6.92 Å². The highest BCUT2D eigenvalue weighted by atomic mass is 19.3. The SMILES string of the molecule is Cc1cc(-c2nccn2Cc2ccc(OC(F)F)cc2)cn(C)c1=O. The molecule has 7 heteroatoms. The van der Waals surface area contributed by atoms with Gasteiger partial charge in [-0.3, -0.25) is 4.79 Å². The molecule has 2 heterocycles. The number of benzene rings is 1. The van der Waals surface area contributed by atoms with E-state index in [4.69, 9.17) is 0 Å². The average molecular weight is 345 g/mol. The summed E-state index contributed by atoms with van der Waals surface area (Å²) in [5, 5.41) is 0. The first-order valence-corrected chi connectivity index (χ1v) is 7.66. The highest BCUT2D eigenvalue weighted by Crippen LogP contribution is 2.20. The zero-order chi connectivity index (χ0) is 18.0.